The van der Waals surface area contributed by atoms with E-state index in [2.05, 4.69) is 67.6 Å². The van der Waals surface area contributed by atoms with Crippen molar-refractivity contribution in [3.8, 4) is 0 Å². The summed E-state index contributed by atoms with van der Waals surface area (Å²) in [4.78, 5) is 18.2. The normalized spacial score (nSPS) is 13.1. The second kappa shape index (κ2) is 15.0. The molecule has 0 unspecified atom stereocenters. The first-order chi connectivity index (χ1) is 19.0. The van der Waals surface area contributed by atoms with E-state index in [0.717, 1.165) is 35.1 Å². The van der Waals surface area contributed by atoms with E-state index in [1.54, 1.807) is 6.92 Å². The van der Waals surface area contributed by atoms with Gasteiger partial charge >= 0.3 is 12.1 Å². The van der Waals surface area contributed by atoms with Crippen molar-refractivity contribution >= 4 is 31.4 Å². The van der Waals surface area contributed by atoms with E-state index in [1.807, 2.05) is 25.1 Å². The molecule has 0 aliphatic rings. The number of hydrogen-bond acceptors (Lipinski definition) is 7. The first kappa shape index (κ1) is 34.6. The lowest BCUT2D eigenvalue weighted by Crippen LogP contribution is -2.31. The Bertz CT molecular complexity index is 1110. The van der Waals surface area contributed by atoms with Gasteiger partial charge in [0.05, 0.1) is 24.4 Å². The van der Waals surface area contributed by atoms with E-state index in [9.17, 15) is 18.0 Å². The van der Waals surface area contributed by atoms with Crippen LogP contribution in [0.15, 0.2) is 18.2 Å². The Labute approximate surface area is 244 Å². The SMILES string of the molecule is CCOC(=O)C[C@@H](C)c1ccc(N(CC(C)C)CC(C)C)c(Nc2nc(C(F)(F)F)n(COCC[Si](C)(C)C)n2)c1. The zero-order valence-corrected chi connectivity index (χ0v) is 27.1. The van der Waals surface area contributed by atoms with Crippen LogP contribution in [0.25, 0.3) is 0 Å². The summed E-state index contributed by atoms with van der Waals surface area (Å²) in [5, 5.41) is 7.21. The Morgan fingerprint density at radius 1 is 1.10 bits per heavy atom. The number of anilines is 3. The van der Waals surface area contributed by atoms with E-state index in [-0.39, 0.29) is 31.0 Å². The standard InChI is InChI=1S/C29H48F3N5O3Si/c1-10-40-26(38)15-22(6)23-11-12-25(36(17-20(2)3)18-21(4)5)24(16-23)33-28-34-27(29(30,31)32)37(35-28)19-39-13-14-41(7,8)9/h11-12,16,20-22H,10,13-15,17-19H2,1-9H3,(H,33,35)/t22-/m1/s1. The fourth-order valence-corrected chi connectivity index (χ4v) is 5.08. The molecule has 0 saturated heterocycles. The zero-order chi connectivity index (χ0) is 31.0. The maximum absolute atomic E-state index is 13.9. The molecule has 232 valence electrons. The van der Waals surface area contributed by atoms with Crippen molar-refractivity contribution in [3.63, 3.8) is 0 Å². The van der Waals surface area contributed by atoms with Gasteiger partial charge < -0.3 is 19.7 Å². The number of aromatic nitrogens is 3. The molecular weight excluding hydrogens is 551 g/mol. The van der Waals surface area contributed by atoms with Crippen LogP contribution in [0.4, 0.5) is 30.5 Å². The number of ether oxygens (including phenoxy) is 2. The first-order valence-electron chi connectivity index (χ1n) is 14.4. The Balaban J connectivity index is 2.48. The lowest BCUT2D eigenvalue weighted by Gasteiger charge is -2.31. The van der Waals surface area contributed by atoms with Gasteiger partial charge in [0.2, 0.25) is 11.8 Å². The van der Waals surface area contributed by atoms with Crippen LogP contribution in [0.5, 0.6) is 0 Å². The summed E-state index contributed by atoms with van der Waals surface area (Å²) >= 11 is 0. The van der Waals surface area contributed by atoms with Crippen molar-refractivity contribution in [2.24, 2.45) is 11.8 Å². The summed E-state index contributed by atoms with van der Waals surface area (Å²) in [5.41, 5.74) is 2.25. The highest BCUT2D eigenvalue weighted by atomic mass is 28.3. The Morgan fingerprint density at radius 3 is 2.27 bits per heavy atom. The minimum absolute atomic E-state index is 0.164. The molecular formula is C29H48F3N5O3Si. The molecule has 0 amide bonds. The zero-order valence-electron chi connectivity index (χ0n) is 26.1. The third-order valence-electron chi connectivity index (χ3n) is 6.26. The Hall–Kier alpha value is -2.60. The molecule has 0 aliphatic carbocycles. The van der Waals surface area contributed by atoms with Gasteiger partial charge in [-0.2, -0.15) is 18.2 Å². The molecule has 2 rings (SSSR count). The van der Waals surface area contributed by atoms with E-state index >= 15 is 0 Å². The summed E-state index contributed by atoms with van der Waals surface area (Å²) in [6.07, 6.45) is -4.51. The monoisotopic (exact) mass is 599 g/mol. The highest BCUT2D eigenvalue weighted by Gasteiger charge is 2.38. The quantitative estimate of drug-likeness (QED) is 0.121. The van der Waals surface area contributed by atoms with Gasteiger partial charge in [-0.25, -0.2) is 4.68 Å². The van der Waals surface area contributed by atoms with Gasteiger partial charge in [0.15, 0.2) is 0 Å². The van der Waals surface area contributed by atoms with E-state index in [0.29, 0.717) is 30.7 Å². The molecule has 2 aromatic rings. The Kier molecular flexibility index (Phi) is 12.7. The average Bonchev–Trinajstić information content (AvgIpc) is 3.23. The van der Waals surface area contributed by atoms with Crippen molar-refractivity contribution < 1.29 is 27.4 Å². The lowest BCUT2D eigenvalue weighted by atomic mass is 9.96. The van der Waals surface area contributed by atoms with Gasteiger partial charge in [-0.05, 0) is 48.4 Å². The molecule has 8 nitrogen and oxygen atoms in total. The number of halogens is 3. The summed E-state index contributed by atoms with van der Waals surface area (Å²) in [7, 11) is -1.40. The number of nitrogens with one attached hydrogen (secondary N) is 1. The number of nitrogens with zero attached hydrogens (tertiary/aromatic N) is 4. The molecule has 0 bridgehead atoms. The molecule has 12 heteroatoms. The summed E-state index contributed by atoms with van der Waals surface area (Å²) in [6, 6.07) is 6.60. The predicted molar refractivity (Wildman–Crippen MR) is 160 cm³/mol. The van der Waals surface area contributed by atoms with E-state index in [1.165, 1.54) is 0 Å². The molecule has 0 radical (unpaired) electrons. The highest BCUT2D eigenvalue weighted by molar-refractivity contribution is 6.76. The minimum Gasteiger partial charge on any atom is -0.466 e. The predicted octanol–water partition coefficient (Wildman–Crippen LogP) is 7.53. The van der Waals surface area contributed by atoms with Gasteiger partial charge in [0.1, 0.15) is 6.73 Å². The highest BCUT2D eigenvalue weighted by Crippen LogP contribution is 2.35. The summed E-state index contributed by atoms with van der Waals surface area (Å²) in [6.45, 7) is 20.5. The number of esters is 1. The van der Waals surface area contributed by atoms with Crippen molar-refractivity contribution in [3.05, 3.63) is 29.6 Å². The maximum atomic E-state index is 13.9. The van der Waals surface area contributed by atoms with E-state index < -0.39 is 20.1 Å². The van der Waals surface area contributed by atoms with Crippen molar-refractivity contribution in [1.29, 1.82) is 0 Å². The van der Waals surface area contributed by atoms with Crippen LogP contribution in [0.3, 0.4) is 0 Å². The number of carbonyl (C=O) groups is 1. The van der Waals surface area contributed by atoms with Crippen molar-refractivity contribution in [2.45, 2.75) is 92.5 Å². The molecule has 0 saturated carbocycles. The van der Waals surface area contributed by atoms with Crippen molar-refractivity contribution in [1.82, 2.24) is 14.8 Å². The molecule has 1 N–H and O–H groups in total. The summed E-state index contributed by atoms with van der Waals surface area (Å²) < 4.78 is 53.1. The molecule has 0 spiro atoms. The van der Waals surface area contributed by atoms with Crippen LogP contribution >= 0.6 is 0 Å². The molecule has 1 aromatic carbocycles. The molecule has 0 fully saturated rings. The van der Waals surface area contributed by atoms with Gasteiger partial charge in [-0.3, -0.25) is 4.79 Å². The second-order valence-corrected chi connectivity index (χ2v) is 18.2. The number of alkyl halides is 3. The fourth-order valence-electron chi connectivity index (χ4n) is 4.32. The van der Waals surface area contributed by atoms with Crippen LogP contribution in [0.2, 0.25) is 25.7 Å². The van der Waals surface area contributed by atoms with Crippen molar-refractivity contribution in [2.75, 3.05) is 36.5 Å². The smallest absolute Gasteiger partial charge is 0.451 e. The Morgan fingerprint density at radius 2 is 1.73 bits per heavy atom. The third-order valence-corrected chi connectivity index (χ3v) is 7.97. The van der Waals surface area contributed by atoms with Gasteiger partial charge in [0.25, 0.3) is 0 Å². The van der Waals surface area contributed by atoms with Gasteiger partial charge in [0, 0.05) is 27.8 Å². The second-order valence-electron chi connectivity index (χ2n) is 12.6. The number of carbonyl (C=O) groups excluding carboxylic acids is 1. The van der Waals surface area contributed by atoms with Crippen LogP contribution in [0.1, 0.15) is 65.3 Å². The molecule has 1 atom stereocenters. The molecule has 41 heavy (non-hydrogen) atoms. The maximum Gasteiger partial charge on any atom is 0.451 e. The topological polar surface area (TPSA) is 81.5 Å². The van der Waals surface area contributed by atoms with Crippen LogP contribution in [0, 0.1) is 11.8 Å². The van der Waals surface area contributed by atoms with Crippen LogP contribution < -0.4 is 10.2 Å². The molecule has 1 heterocycles. The first-order valence-corrected chi connectivity index (χ1v) is 18.1. The minimum atomic E-state index is -4.70. The lowest BCUT2D eigenvalue weighted by molar-refractivity contribution is -0.150. The summed E-state index contributed by atoms with van der Waals surface area (Å²) in [5.74, 6) is -1.05. The third kappa shape index (κ3) is 11.7. The largest absolute Gasteiger partial charge is 0.466 e. The fraction of sp³-hybridized carbons (Fsp3) is 0.690. The van der Waals surface area contributed by atoms with Crippen LogP contribution in [-0.2, 0) is 27.2 Å². The molecule has 0 aliphatic heterocycles. The number of hydrogen-bond donors (Lipinski definition) is 1. The average molecular weight is 600 g/mol. The van der Waals surface area contributed by atoms with E-state index in [4.69, 9.17) is 9.47 Å². The van der Waals surface area contributed by atoms with Crippen LogP contribution in [-0.4, -0.2) is 55.1 Å². The molecule has 1 aromatic heterocycles. The number of benzene rings is 1. The van der Waals surface area contributed by atoms with Gasteiger partial charge in [-0.1, -0.05) is 60.3 Å². The number of rotatable bonds is 16. The van der Waals surface area contributed by atoms with Gasteiger partial charge in [-0.15, -0.1) is 5.10 Å².